The Morgan fingerprint density at radius 1 is 1.60 bits per heavy atom. The van der Waals surface area contributed by atoms with Crippen LogP contribution in [0.15, 0.2) is 17.2 Å². The predicted molar refractivity (Wildman–Crippen MR) is 51.0 cm³/mol. The first-order valence-corrected chi connectivity index (χ1v) is 4.25. The number of nitrogens with one attached hydrogen (secondary N) is 2. The van der Waals surface area contributed by atoms with Crippen molar-refractivity contribution in [1.29, 1.82) is 0 Å². The standard InChI is InChI=1S/C7H9N7O/c1-14-3-2-8-6(7(14)15)9-4-5-10-12-13-11-5/h2-3H,4H2,1H3,(H,8,9)(H,10,11,12,13). The third-order valence-electron chi connectivity index (χ3n) is 1.82. The van der Waals surface area contributed by atoms with E-state index in [4.69, 9.17) is 0 Å². The summed E-state index contributed by atoms with van der Waals surface area (Å²) in [4.78, 5) is 15.4. The van der Waals surface area contributed by atoms with Gasteiger partial charge in [-0.15, -0.1) is 10.2 Å². The second kappa shape index (κ2) is 3.86. The van der Waals surface area contributed by atoms with E-state index in [1.165, 1.54) is 4.57 Å². The summed E-state index contributed by atoms with van der Waals surface area (Å²) in [5.74, 6) is 0.743. The molecule has 0 aliphatic carbocycles. The Morgan fingerprint density at radius 2 is 2.47 bits per heavy atom. The summed E-state index contributed by atoms with van der Waals surface area (Å²) in [6.45, 7) is 0.308. The van der Waals surface area contributed by atoms with E-state index in [-0.39, 0.29) is 11.4 Å². The largest absolute Gasteiger partial charge is 0.358 e. The molecule has 0 fully saturated rings. The normalized spacial score (nSPS) is 10.2. The maximum atomic E-state index is 11.5. The highest BCUT2D eigenvalue weighted by molar-refractivity contribution is 5.30. The fourth-order valence-corrected chi connectivity index (χ4v) is 1.04. The van der Waals surface area contributed by atoms with Gasteiger partial charge in [0.25, 0.3) is 5.56 Å². The maximum Gasteiger partial charge on any atom is 0.293 e. The van der Waals surface area contributed by atoms with E-state index >= 15 is 0 Å². The Balaban J connectivity index is 2.12. The molecule has 2 heterocycles. The second-order valence-corrected chi connectivity index (χ2v) is 2.87. The maximum absolute atomic E-state index is 11.5. The zero-order valence-corrected chi connectivity index (χ0v) is 8.01. The molecule has 8 nitrogen and oxygen atoms in total. The molecule has 0 spiro atoms. The molecule has 0 saturated heterocycles. The Kier molecular flexibility index (Phi) is 2.40. The van der Waals surface area contributed by atoms with Crippen LogP contribution in [0.2, 0.25) is 0 Å². The summed E-state index contributed by atoms with van der Waals surface area (Å²) in [6.07, 6.45) is 3.13. The molecule has 0 bridgehead atoms. The van der Waals surface area contributed by atoms with Gasteiger partial charge in [0.1, 0.15) is 0 Å². The summed E-state index contributed by atoms with van der Waals surface area (Å²) in [5.41, 5.74) is -0.194. The van der Waals surface area contributed by atoms with Crippen LogP contribution in [0.5, 0.6) is 0 Å². The first kappa shape index (κ1) is 9.31. The molecule has 0 radical (unpaired) electrons. The van der Waals surface area contributed by atoms with Gasteiger partial charge in [-0.3, -0.25) is 4.79 Å². The SMILES string of the molecule is Cn1ccnc(NCc2nn[nH]n2)c1=O. The molecule has 78 valence electrons. The Hall–Kier alpha value is -2.25. The number of H-pyrrole nitrogens is 1. The number of nitrogens with zero attached hydrogens (tertiary/aromatic N) is 5. The fraction of sp³-hybridized carbons (Fsp3) is 0.286. The van der Waals surface area contributed by atoms with Crippen molar-refractivity contribution in [3.63, 3.8) is 0 Å². The second-order valence-electron chi connectivity index (χ2n) is 2.87. The molecule has 0 unspecified atom stereocenters. The zero-order chi connectivity index (χ0) is 10.7. The number of tetrazole rings is 1. The third-order valence-corrected chi connectivity index (χ3v) is 1.82. The van der Waals surface area contributed by atoms with Gasteiger partial charge >= 0.3 is 0 Å². The Labute approximate surface area is 84.4 Å². The molecule has 0 aromatic carbocycles. The van der Waals surface area contributed by atoms with Crippen LogP contribution in [0, 0.1) is 0 Å². The lowest BCUT2D eigenvalue weighted by molar-refractivity contribution is 0.834. The molecule has 0 amide bonds. The first-order valence-electron chi connectivity index (χ1n) is 4.25. The molecule has 0 aliphatic rings. The van der Waals surface area contributed by atoms with Gasteiger partial charge in [0.15, 0.2) is 11.6 Å². The van der Waals surface area contributed by atoms with Gasteiger partial charge in [-0.25, -0.2) is 4.98 Å². The molecule has 15 heavy (non-hydrogen) atoms. The van der Waals surface area contributed by atoms with E-state index in [9.17, 15) is 4.79 Å². The average molecular weight is 207 g/mol. The van der Waals surface area contributed by atoms with Crippen LogP contribution in [0.4, 0.5) is 5.82 Å². The van der Waals surface area contributed by atoms with Crippen molar-refractivity contribution in [3.8, 4) is 0 Å². The van der Waals surface area contributed by atoms with Crippen molar-refractivity contribution in [1.82, 2.24) is 30.2 Å². The highest BCUT2D eigenvalue weighted by Crippen LogP contribution is 1.94. The Bertz CT molecular complexity index is 488. The molecule has 2 N–H and O–H groups in total. The summed E-state index contributed by atoms with van der Waals surface area (Å²) in [6, 6.07) is 0. The van der Waals surface area contributed by atoms with Crippen molar-refractivity contribution in [2.24, 2.45) is 7.05 Å². The van der Waals surface area contributed by atoms with Gasteiger partial charge in [0.2, 0.25) is 0 Å². The summed E-state index contributed by atoms with van der Waals surface area (Å²) in [7, 11) is 1.66. The van der Waals surface area contributed by atoms with Crippen LogP contribution in [-0.2, 0) is 13.6 Å². The lowest BCUT2D eigenvalue weighted by Crippen LogP contribution is -2.21. The lowest BCUT2D eigenvalue weighted by Gasteiger charge is -2.02. The van der Waals surface area contributed by atoms with Crippen LogP contribution < -0.4 is 10.9 Å². The topological polar surface area (TPSA) is 101 Å². The number of aryl methyl sites for hydroxylation is 1. The van der Waals surface area contributed by atoms with Gasteiger partial charge in [0.05, 0.1) is 6.54 Å². The van der Waals surface area contributed by atoms with Crippen LogP contribution >= 0.6 is 0 Å². The monoisotopic (exact) mass is 207 g/mol. The van der Waals surface area contributed by atoms with Crippen LogP contribution in [0.25, 0.3) is 0 Å². The highest BCUT2D eigenvalue weighted by atomic mass is 16.1. The molecular weight excluding hydrogens is 198 g/mol. The van der Waals surface area contributed by atoms with E-state index < -0.39 is 0 Å². The molecular formula is C7H9N7O. The number of hydrogen-bond donors (Lipinski definition) is 2. The molecule has 2 aromatic rings. The number of rotatable bonds is 3. The number of aromatic amines is 1. The van der Waals surface area contributed by atoms with Crippen molar-refractivity contribution in [3.05, 3.63) is 28.6 Å². The minimum Gasteiger partial charge on any atom is -0.358 e. The van der Waals surface area contributed by atoms with Crippen molar-refractivity contribution < 1.29 is 0 Å². The van der Waals surface area contributed by atoms with E-state index in [1.54, 1.807) is 19.4 Å². The fourth-order valence-electron chi connectivity index (χ4n) is 1.04. The summed E-state index contributed by atoms with van der Waals surface area (Å²) >= 11 is 0. The van der Waals surface area contributed by atoms with E-state index in [1.807, 2.05) is 0 Å². The van der Waals surface area contributed by atoms with Gasteiger partial charge in [-0.05, 0) is 0 Å². The van der Waals surface area contributed by atoms with Gasteiger partial charge in [-0.2, -0.15) is 5.21 Å². The van der Waals surface area contributed by atoms with Crippen molar-refractivity contribution >= 4 is 5.82 Å². The molecule has 0 saturated carbocycles. The molecule has 2 rings (SSSR count). The van der Waals surface area contributed by atoms with Crippen molar-refractivity contribution in [2.45, 2.75) is 6.54 Å². The predicted octanol–water partition coefficient (Wildman–Crippen LogP) is -1.09. The number of anilines is 1. The minimum atomic E-state index is -0.194. The quantitative estimate of drug-likeness (QED) is 0.662. The lowest BCUT2D eigenvalue weighted by atomic mass is 10.5. The van der Waals surface area contributed by atoms with Gasteiger partial charge in [0, 0.05) is 19.4 Å². The molecule has 0 aliphatic heterocycles. The third kappa shape index (κ3) is 1.98. The average Bonchev–Trinajstić information content (AvgIpc) is 2.73. The van der Waals surface area contributed by atoms with Gasteiger partial charge < -0.3 is 9.88 Å². The van der Waals surface area contributed by atoms with Crippen LogP contribution in [-0.4, -0.2) is 30.2 Å². The van der Waals surface area contributed by atoms with Gasteiger partial charge in [-0.1, -0.05) is 5.21 Å². The van der Waals surface area contributed by atoms with Crippen molar-refractivity contribution in [2.75, 3.05) is 5.32 Å². The smallest absolute Gasteiger partial charge is 0.293 e. The van der Waals surface area contributed by atoms with Crippen LogP contribution in [0.3, 0.4) is 0 Å². The van der Waals surface area contributed by atoms with E-state index in [0.29, 0.717) is 12.4 Å². The zero-order valence-electron chi connectivity index (χ0n) is 8.01. The number of aromatic nitrogens is 6. The summed E-state index contributed by atoms with van der Waals surface area (Å²) in [5, 5.41) is 16.0. The molecule has 2 aromatic heterocycles. The molecule has 0 atom stereocenters. The van der Waals surface area contributed by atoms with E-state index in [2.05, 4.69) is 30.9 Å². The van der Waals surface area contributed by atoms with Crippen LogP contribution in [0.1, 0.15) is 5.82 Å². The summed E-state index contributed by atoms with van der Waals surface area (Å²) < 4.78 is 1.44. The minimum absolute atomic E-state index is 0.194. The highest BCUT2D eigenvalue weighted by Gasteiger charge is 2.03. The first-order chi connectivity index (χ1) is 7.27. The number of hydrogen-bond acceptors (Lipinski definition) is 6. The molecule has 8 heteroatoms. The Morgan fingerprint density at radius 3 is 3.20 bits per heavy atom. The van der Waals surface area contributed by atoms with E-state index in [0.717, 1.165) is 0 Å².